The van der Waals surface area contributed by atoms with Gasteiger partial charge >= 0.3 is 0 Å². The zero-order valence-corrected chi connectivity index (χ0v) is 12.1. The molecule has 98 valence electrons. The number of anilines is 1. The summed E-state index contributed by atoms with van der Waals surface area (Å²) in [6, 6.07) is 5.52. The Bertz CT molecular complexity index is 451. The Hall–Kier alpha value is -1.07. The van der Waals surface area contributed by atoms with Gasteiger partial charge in [-0.1, -0.05) is 6.92 Å². The zero-order chi connectivity index (χ0) is 13.1. The van der Waals surface area contributed by atoms with Gasteiger partial charge in [0.25, 0.3) is 0 Å². The maximum atomic E-state index is 12.1. The third-order valence-corrected chi connectivity index (χ3v) is 3.89. The molecule has 2 rings (SSSR count). The fourth-order valence-electron chi connectivity index (χ4n) is 2.14. The number of nitrogens with one attached hydrogen (secondary N) is 2. The standard InChI is InChI=1S/C13H17BrN2O2/c1-8-6-15-7-10(8)13(17)16-9-3-4-12(18-2)11(14)5-9/h3-5,8,10,15H,6-7H2,1-2H3,(H,16,17). The molecular formula is C13H17BrN2O2. The number of benzene rings is 1. The molecule has 1 aliphatic heterocycles. The number of amides is 1. The van der Waals surface area contributed by atoms with E-state index < -0.39 is 0 Å². The molecule has 2 unspecified atom stereocenters. The molecule has 4 nitrogen and oxygen atoms in total. The molecule has 1 saturated heterocycles. The van der Waals surface area contributed by atoms with Crippen LogP contribution in [0.2, 0.25) is 0 Å². The minimum Gasteiger partial charge on any atom is -0.496 e. The molecule has 0 spiro atoms. The van der Waals surface area contributed by atoms with Gasteiger partial charge in [-0.05, 0) is 46.6 Å². The molecule has 2 atom stereocenters. The topological polar surface area (TPSA) is 50.4 Å². The highest BCUT2D eigenvalue weighted by Gasteiger charge is 2.29. The first-order valence-corrected chi connectivity index (χ1v) is 6.76. The van der Waals surface area contributed by atoms with Gasteiger partial charge in [-0.15, -0.1) is 0 Å². The van der Waals surface area contributed by atoms with Gasteiger partial charge in [0.2, 0.25) is 5.91 Å². The molecule has 1 amide bonds. The van der Waals surface area contributed by atoms with Crippen LogP contribution in [0.25, 0.3) is 0 Å². The molecule has 1 fully saturated rings. The van der Waals surface area contributed by atoms with Crippen molar-refractivity contribution in [3.8, 4) is 5.75 Å². The molecule has 5 heteroatoms. The number of carbonyl (C=O) groups excluding carboxylic acids is 1. The smallest absolute Gasteiger partial charge is 0.229 e. The van der Waals surface area contributed by atoms with E-state index in [2.05, 4.69) is 33.5 Å². The monoisotopic (exact) mass is 312 g/mol. The maximum Gasteiger partial charge on any atom is 0.229 e. The molecule has 0 radical (unpaired) electrons. The summed E-state index contributed by atoms with van der Waals surface area (Å²) in [5.41, 5.74) is 0.784. The highest BCUT2D eigenvalue weighted by Crippen LogP contribution is 2.28. The number of hydrogen-bond donors (Lipinski definition) is 2. The number of carbonyl (C=O) groups is 1. The summed E-state index contributed by atoms with van der Waals surface area (Å²) in [4.78, 5) is 12.1. The van der Waals surface area contributed by atoms with Crippen LogP contribution in [0.3, 0.4) is 0 Å². The molecule has 1 heterocycles. The largest absolute Gasteiger partial charge is 0.496 e. The summed E-state index contributed by atoms with van der Waals surface area (Å²) < 4.78 is 5.99. The first-order chi connectivity index (χ1) is 8.61. The van der Waals surface area contributed by atoms with E-state index in [0.29, 0.717) is 5.92 Å². The predicted molar refractivity (Wildman–Crippen MR) is 74.8 cm³/mol. The summed E-state index contributed by atoms with van der Waals surface area (Å²) in [7, 11) is 1.62. The molecule has 1 aromatic carbocycles. The van der Waals surface area contributed by atoms with E-state index in [0.717, 1.165) is 29.0 Å². The average molecular weight is 313 g/mol. The molecule has 1 aliphatic rings. The highest BCUT2D eigenvalue weighted by atomic mass is 79.9. The van der Waals surface area contributed by atoms with Crippen molar-refractivity contribution in [1.29, 1.82) is 0 Å². The van der Waals surface area contributed by atoms with Crippen LogP contribution in [0.15, 0.2) is 22.7 Å². The summed E-state index contributed by atoms with van der Waals surface area (Å²) in [6.45, 7) is 3.75. The van der Waals surface area contributed by atoms with Crippen molar-refractivity contribution in [2.75, 3.05) is 25.5 Å². The van der Waals surface area contributed by atoms with Crippen molar-refractivity contribution in [3.63, 3.8) is 0 Å². The number of ether oxygens (including phenoxy) is 1. The second-order valence-electron chi connectivity index (χ2n) is 4.58. The summed E-state index contributed by atoms with van der Waals surface area (Å²) in [6.07, 6.45) is 0. The van der Waals surface area contributed by atoms with Crippen LogP contribution >= 0.6 is 15.9 Å². The van der Waals surface area contributed by atoms with Crippen LogP contribution in [0, 0.1) is 11.8 Å². The SMILES string of the molecule is COc1ccc(NC(=O)C2CNCC2C)cc1Br. The van der Waals surface area contributed by atoms with Crippen molar-refractivity contribution < 1.29 is 9.53 Å². The lowest BCUT2D eigenvalue weighted by atomic mass is 9.97. The van der Waals surface area contributed by atoms with Crippen molar-refractivity contribution in [3.05, 3.63) is 22.7 Å². The number of halogens is 1. The van der Waals surface area contributed by atoms with Crippen LogP contribution in [0.5, 0.6) is 5.75 Å². The summed E-state index contributed by atoms with van der Waals surface area (Å²) in [5.74, 6) is 1.26. The molecule has 0 aliphatic carbocycles. The van der Waals surface area contributed by atoms with E-state index in [-0.39, 0.29) is 11.8 Å². The maximum absolute atomic E-state index is 12.1. The quantitative estimate of drug-likeness (QED) is 0.900. The summed E-state index contributed by atoms with van der Waals surface area (Å²) >= 11 is 3.40. The molecule has 0 saturated carbocycles. The normalized spacial score (nSPS) is 22.8. The van der Waals surface area contributed by atoms with Gasteiger partial charge in [0.1, 0.15) is 5.75 Å². The predicted octanol–water partition coefficient (Wildman–Crippen LogP) is 2.25. The minimum atomic E-state index is 0.0471. The summed E-state index contributed by atoms with van der Waals surface area (Å²) in [5, 5.41) is 6.17. The van der Waals surface area contributed by atoms with Gasteiger partial charge in [-0.25, -0.2) is 0 Å². The van der Waals surface area contributed by atoms with Crippen molar-refractivity contribution in [1.82, 2.24) is 5.32 Å². The first kappa shape index (κ1) is 13.4. The number of methoxy groups -OCH3 is 1. The molecule has 0 aromatic heterocycles. The van der Waals surface area contributed by atoms with E-state index in [1.807, 2.05) is 18.2 Å². The highest BCUT2D eigenvalue weighted by molar-refractivity contribution is 9.10. The van der Waals surface area contributed by atoms with Crippen LogP contribution in [0.4, 0.5) is 5.69 Å². The second-order valence-corrected chi connectivity index (χ2v) is 5.43. The zero-order valence-electron chi connectivity index (χ0n) is 10.5. The lowest BCUT2D eigenvalue weighted by Gasteiger charge is -2.14. The fraction of sp³-hybridized carbons (Fsp3) is 0.462. The van der Waals surface area contributed by atoms with E-state index in [1.54, 1.807) is 7.11 Å². The van der Waals surface area contributed by atoms with Crippen molar-refractivity contribution >= 4 is 27.5 Å². The average Bonchev–Trinajstić information content (AvgIpc) is 2.76. The lowest BCUT2D eigenvalue weighted by Crippen LogP contribution is -2.27. The van der Waals surface area contributed by atoms with E-state index in [4.69, 9.17) is 4.74 Å². The van der Waals surface area contributed by atoms with E-state index in [1.165, 1.54) is 0 Å². The van der Waals surface area contributed by atoms with Crippen LogP contribution in [-0.4, -0.2) is 26.1 Å². The van der Waals surface area contributed by atoms with Gasteiger partial charge in [0, 0.05) is 12.2 Å². The fourth-order valence-corrected chi connectivity index (χ4v) is 2.68. The Kier molecular flexibility index (Phi) is 4.24. The molecular weight excluding hydrogens is 296 g/mol. The van der Waals surface area contributed by atoms with Crippen LogP contribution in [-0.2, 0) is 4.79 Å². The molecule has 18 heavy (non-hydrogen) atoms. The van der Waals surface area contributed by atoms with E-state index in [9.17, 15) is 4.79 Å². The first-order valence-electron chi connectivity index (χ1n) is 5.97. The van der Waals surface area contributed by atoms with Crippen molar-refractivity contribution in [2.24, 2.45) is 11.8 Å². The van der Waals surface area contributed by atoms with Crippen molar-refractivity contribution in [2.45, 2.75) is 6.92 Å². The Balaban J connectivity index is 2.05. The van der Waals surface area contributed by atoms with Crippen LogP contribution in [0.1, 0.15) is 6.92 Å². The third kappa shape index (κ3) is 2.84. The second kappa shape index (κ2) is 5.71. The Morgan fingerprint density at radius 1 is 1.50 bits per heavy atom. The Labute approximate surface area is 115 Å². The minimum absolute atomic E-state index is 0.0471. The number of hydrogen-bond acceptors (Lipinski definition) is 3. The van der Waals surface area contributed by atoms with E-state index >= 15 is 0 Å². The Morgan fingerprint density at radius 3 is 2.83 bits per heavy atom. The molecule has 2 N–H and O–H groups in total. The van der Waals surface area contributed by atoms with Crippen LogP contribution < -0.4 is 15.4 Å². The van der Waals surface area contributed by atoms with Gasteiger partial charge in [-0.2, -0.15) is 0 Å². The third-order valence-electron chi connectivity index (χ3n) is 3.27. The Morgan fingerprint density at radius 2 is 2.28 bits per heavy atom. The van der Waals surface area contributed by atoms with Gasteiger partial charge in [-0.3, -0.25) is 4.79 Å². The van der Waals surface area contributed by atoms with Gasteiger partial charge < -0.3 is 15.4 Å². The lowest BCUT2D eigenvalue weighted by molar-refractivity contribution is -0.120. The molecule has 0 bridgehead atoms. The van der Waals surface area contributed by atoms with Gasteiger partial charge in [0.05, 0.1) is 17.5 Å². The molecule has 1 aromatic rings. The van der Waals surface area contributed by atoms with Gasteiger partial charge in [0.15, 0.2) is 0 Å². The number of rotatable bonds is 3.